The highest BCUT2D eigenvalue weighted by Crippen LogP contribution is 2.22. The zero-order valence-electron chi connectivity index (χ0n) is 14.3. The Morgan fingerprint density at radius 3 is 2.48 bits per heavy atom. The van der Waals surface area contributed by atoms with E-state index in [2.05, 4.69) is 15.6 Å². The van der Waals surface area contributed by atoms with Gasteiger partial charge in [-0.3, -0.25) is 9.78 Å². The van der Waals surface area contributed by atoms with Crippen LogP contribution >= 0.6 is 24.8 Å². The first-order valence-electron chi connectivity index (χ1n) is 8.24. The normalized spacial score (nSPS) is 14.1. The average molecular weight is 382 g/mol. The molecule has 1 aromatic heterocycles. The first kappa shape index (κ1) is 21.4. The lowest BCUT2D eigenvalue weighted by Gasteiger charge is -2.22. The fourth-order valence-corrected chi connectivity index (χ4v) is 3.02. The van der Waals surface area contributed by atoms with Crippen molar-refractivity contribution in [2.75, 3.05) is 19.6 Å². The average Bonchev–Trinajstić information content (AvgIpc) is 2.61. The van der Waals surface area contributed by atoms with E-state index in [0.29, 0.717) is 5.92 Å². The van der Waals surface area contributed by atoms with E-state index >= 15 is 0 Å². The Morgan fingerprint density at radius 2 is 1.84 bits per heavy atom. The third-order valence-electron chi connectivity index (χ3n) is 4.49. The molecule has 0 bridgehead atoms. The highest BCUT2D eigenvalue weighted by molar-refractivity contribution is 5.94. The van der Waals surface area contributed by atoms with Crippen LogP contribution in [0, 0.1) is 12.8 Å². The summed E-state index contributed by atoms with van der Waals surface area (Å²) in [6.45, 7) is 4.93. The van der Waals surface area contributed by atoms with Crippen molar-refractivity contribution >= 4 is 30.7 Å². The van der Waals surface area contributed by atoms with Crippen molar-refractivity contribution in [2.24, 2.45) is 5.92 Å². The van der Waals surface area contributed by atoms with Crippen molar-refractivity contribution in [1.82, 2.24) is 15.6 Å². The van der Waals surface area contributed by atoms with E-state index in [0.717, 1.165) is 54.7 Å². The maximum Gasteiger partial charge on any atom is 0.251 e. The van der Waals surface area contributed by atoms with Gasteiger partial charge in [0.25, 0.3) is 5.91 Å². The SMILES string of the molecule is Cc1cnccc1-c1ccc(C(=O)NCC2CCNCC2)cc1.Cl.Cl. The molecule has 0 atom stereocenters. The molecule has 0 saturated carbocycles. The van der Waals surface area contributed by atoms with Crippen molar-refractivity contribution in [3.63, 3.8) is 0 Å². The number of nitrogens with zero attached hydrogens (tertiary/aromatic N) is 1. The van der Waals surface area contributed by atoms with Gasteiger partial charge >= 0.3 is 0 Å². The Labute approximate surface area is 161 Å². The van der Waals surface area contributed by atoms with E-state index in [1.54, 1.807) is 6.20 Å². The molecule has 1 amide bonds. The summed E-state index contributed by atoms with van der Waals surface area (Å²) < 4.78 is 0. The van der Waals surface area contributed by atoms with Crippen molar-refractivity contribution in [3.05, 3.63) is 53.9 Å². The summed E-state index contributed by atoms with van der Waals surface area (Å²) in [6, 6.07) is 9.80. The molecule has 2 heterocycles. The highest BCUT2D eigenvalue weighted by Gasteiger charge is 2.14. The Hall–Kier alpha value is -1.62. The van der Waals surface area contributed by atoms with Crippen LogP contribution < -0.4 is 10.6 Å². The number of nitrogens with one attached hydrogen (secondary N) is 2. The first-order chi connectivity index (χ1) is 11.2. The van der Waals surface area contributed by atoms with Crippen molar-refractivity contribution in [3.8, 4) is 11.1 Å². The number of benzene rings is 1. The second-order valence-corrected chi connectivity index (χ2v) is 6.17. The van der Waals surface area contributed by atoms with Gasteiger partial charge in [-0.2, -0.15) is 0 Å². The summed E-state index contributed by atoms with van der Waals surface area (Å²) in [4.78, 5) is 16.4. The van der Waals surface area contributed by atoms with Gasteiger partial charge in [-0.1, -0.05) is 12.1 Å². The van der Waals surface area contributed by atoms with Crippen molar-refractivity contribution < 1.29 is 4.79 Å². The molecule has 1 saturated heterocycles. The molecule has 0 radical (unpaired) electrons. The number of piperidine rings is 1. The van der Waals surface area contributed by atoms with Crippen LogP contribution in [0.1, 0.15) is 28.8 Å². The Kier molecular flexibility index (Phi) is 8.90. The molecule has 1 aromatic carbocycles. The summed E-state index contributed by atoms with van der Waals surface area (Å²) in [6.07, 6.45) is 5.93. The fraction of sp³-hybridized carbons (Fsp3) is 0.368. The summed E-state index contributed by atoms with van der Waals surface area (Å²) in [5, 5.41) is 6.41. The van der Waals surface area contributed by atoms with Gasteiger partial charge < -0.3 is 10.6 Å². The molecule has 2 aromatic rings. The number of aryl methyl sites for hydroxylation is 1. The number of halogens is 2. The van der Waals surface area contributed by atoms with Gasteiger partial charge in [-0.25, -0.2) is 0 Å². The Morgan fingerprint density at radius 1 is 1.16 bits per heavy atom. The van der Waals surface area contributed by atoms with Gasteiger partial charge in [0.15, 0.2) is 0 Å². The van der Waals surface area contributed by atoms with E-state index < -0.39 is 0 Å². The number of hydrogen-bond acceptors (Lipinski definition) is 3. The quantitative estimate of drug-likeness (QED) is 0.849. The number of hydrogen-bond donors (Lipinski definition) is 2. The van der Waals surface area contributed by atoms with Crippen LogP contribution in [-0.4, -0.2) is 30.5 Å². The monoisotopic (exact) mass is 381 g/mol. The molecule has 1 aliphatic heterocycles. The number of rotatable bonds is 4. The minimum Gasteiger partial charge on any atom is -0.352 e. The van der Waals surface area contributed by atoms with Crippen molar-refractivity contribution in [1.29, 1.82) is 0 Å². The second kappa shape index (κ2) is 10.4. The lowest BCUT2D eigenvalue weighted by molar-refractivity contribution is 0.0944. The first-order valence-corrected chi connectivity index (χ1v) is 8.24. The number of carbonyl (C=O) groups excluding carboxylic acids is 1. The van der Waals surface area contributed by atoms with Crippen molar-refractivity contribution in [2.45, 2.75) is 19.8 Å². The van der Waals surface area contributed by atoms with Crippen LogP contribution in [0.15, 0.2) is 42.7 Å². The summed E-state index contributed by atoms with van der Waals surface area (Å²) in [7, 11) is 0. The predicted molar refractivity (Wildman–Crippen MR) is 107 cm³/mol. The summed E-state index contributed by atoms with van der Waals surface area (Å²) in [5.41, 5.74) is 4.12. The Balaban J connectivity index is 0.00000156. The smallest absolute Gasteiger partial charge is 0.251 e. The molecule has 3 rings (SSSR count). The third-order valence-corrected chi connectivity index (χ3v) is 4.49. The second-order valence-electron chi connectivity index (χ2n) is 6.17. The van der Waals surface area contributed by atoms with E-state index in [9.17, 15) is 4.79 Å². The van der Waals surface area contributed by atoms with E-state index in [1.807, 2.05) is 43.5 Å². The molecular weight excluding hydrogens is 357 g/mol. The molecule has 6 heteroatoms. The maximum absolute atomic E-state index is 12.3. The van der Waals surface area contributed by atoms with Gasteiger partial charge in [0.2, 0.25) is 0 Å². The van der Waals surface area contributed by atoms with Gasteiger partial charge in [0.1, 0.15) is 0 Å². The lowest BCUT2D eigenvalue weighted by atomic mass is 9.98. The van der Waals surface area contributed by atoms with E-state index in [-0.39, 0.29) is 30.7 Å². The van der Waals surface area contributed by atoms with Crippen LogP contribution in [-0.2, 0) is 0 Å². The molecule has 136 valence electrons. The summed E-state index contributed by atoms with van der Waals surface area (Å²) >= 11 is 0. The molecule has 25 heavy (non-hydrogen) atoms. The third kappa shape index (κ3) is 5.70. The molecule has 0 unspecified atom stereocenters. The molecule has 0 aliphatic carbocycles. The molecule has 1 aliphatic rings. The minimum absolute atomic E-state index is 0. The van der Waals surface area contributed by atoms with Crippen LogP contribution in [0.25, 0.3) is 11.1 Å². The van der Waals surface area contributed by atoms with Crippen LogP contribution in [0.4, 0.5) is 0 Å². The molecule has 1 fully saturated rings. The Bertz CT molecular complexity index is 671. The summed E-state index contributed by atoms with van der Waals surface area (Å²) in [5.74, 6) is 0.612. The zero-order chi connectivity index (χ0) is 16.1. The number of pyridine rings is 1. The molecule has 4 nitrogen and oxygen atoms in total. The van der Waals surface area contributed by atoms with Gasteiger partial charge in [-0.05, 0) is 73.7 Å². The molecule has 2 N–H and O–H groups in total. The van der Waals surface area contributed by atoms with Gasteiger partial charge in [-0.15, -0.1) is 24.8 Å². The number of carbonyl (C=O) groups is 1. The molecule has 0 spiro atoms. The van der Waals surface area contributed by atoms with Gasteiger partial charge in [0, 0.05) is 24.5 Å². The van der Waals surface area contributed by atoms with Crippen LogP contribution in [0.2, 0.25) is 0 Å². The highest BCUT2D eigenvalue weighted by atomic mass is 35.5. The largest absolute Gasteiger partial charge is 0.352 e. The topological polar surface area (TPSA) is 54.0 Å². The predicted octanol–water partition coefficient (Wildman–Crippen LogP) is 3.63. The molecular formula is C19H25Cl2N3O. The lowest BCUT2D eigenvalue weighted by Crippen LogP contribution is -2.35. The van der Waals surface area contributed by atoms with Crippen LogP contribution in [0.5, 0.6) is 0 Å². The zero-order valence-corrected chi connectivity index (χ0v) is 16.0. The number of amides is 1. The fourth-order valence-electron chi connectivity index (χ4n) is 3.02. The minimum atomic E-state index is 0. The van der Waals surface area contributed by atoms with Gasteiger partial charge in [0.05, 0.1) is 0 Å². The number of aromatic nitrogens is 1. The standard InChI is InChI=1S/C19H23N3O.2ClH/c1-14-12-21-11-8-18(14)16-2-4-17(5-3-16)19(23)22-13-15-6-9-20-10-7-15;;/h2-5,8,11-12,15,20H,6-7,9-10,13H2,1H3,(H,22,23);2*1H. The van der Waals surface area contributed by atoms with E-state index in [1.165, 1.54) is 0 Å². The maximum atomic E-state index is 12.3. The van der Waals surface area contributed by atoms with Crippen LogP contribution in [0.3, 0.4) is 0 Å². The van der Waals surface area contributed by atoms with E-state index in [4.69, 9.17) is 0 Å².